The minimum atomic E-state index is -0.529. The van der Waals surface area contributed by atoms with Crippen LogP contribution in [0.2, 0.25) is 0 Å². The zero-order chi connectivity index (χ0) is 16.3. The number of fused-ring (bicyclic) bond motifs is 1. The van der Waals surface area contributed by atoms with Gasteiger partial charge in [0.2, 0.25) is 0 Å². The molecule has 2 atom stereocenters. The van der Waals surface area contributed by atoms with Crippen molar-refractivity contribution < 1.29 is 19.1 Å². The Morgan fingerprint density at radius 1 is 1.22 bits per heavy atom. The Morgan fingerprint density at radius 2 is 1.96 bits per heavy atom. The van der Waals surface area contributed by atoms with E-state index in [2.05, 4.69) is 0 Å². The van der Waals surface area contributed by atoms with Gasteiger partial charge in [-0.1, -0.05) is 36.8 Å². The molecular weight excluding hydrogens is 294 g/mol. The highest BCUT2D eigenvalue weighted by Gasteiger charge is 2.55. The van der Waals surface area contributed by atoms with Gasteiger partial charge in [-0.05, 0) is 31.2 Å². The maximum absolute atomic E-state index is 12.5. The number of ether oxygens (including phenoxy) is 2. The summed E-state index contributed by atoms with van der Waals surface area (Å²) in [7, 11) is 1.43. The molecule has 1 heterocycles. The number of amides is 1. The summed E-state index contributed by atoms with van der Waals surface area (Å²) in [5.74, 6) is -0.180. The summed E-state index contributed by atoms with van der Waals surface area (Å²) in [6.07, 6.45) is 3.87. The molecule has 0 bridgehead atoms. The molecule has 2 aliphatic rings. The Balaban J connectivity index is 1.69. The van der Waals surface area contributed by atoms with E-state index in [0.29, 0.717) is 6.54 Å². The van der Waals surface area contributed by atoms with Gasteiger partial charge in [-0.3, -0.25) is 4.79 Å². The van der Waals surface area contributed by atoms with Crippen molar-refractivity contribution in [2.45, 2.75) is 44.8 Å². The summed E-state index contributed by atoms with van der Waals surface area (Å²) in [4.78, 5) is 26.6. The first-order chi connectivity index (χ1) is 11.2. The largest absolute Gasteiger partial charge is 0.469 e. The fourth-order valence-corrected chi connectivity index (χ4v) is 4.08. The van der Waals surface area contributed by atoms with Crippen LogP contribution in [-0.4, -0.2) is 36.7 Å². The maximum Gasteiger partial charge on any atom is 0.410 e. The molecule has 5 heteroatoms. The standard InChI is InChI=1S/C18H23NO4/c1-22-16(20)18-10-5-9-15(18)19(12-6-11-18)17(21)23-13-14-7-3-2-4-8-14/h2-4,7-8,15H,5-6,9-13H2,1H3/t15-,18-/m1/s1. The average molecular weight is 317 g/mol. The normalized spacial score (nSPS) is 26.5. The Hall–Kier alpha value is -2.04. The predicted octanol–water partition coefficient (Wildman–Crippen LogP) is 3.13. The third kappa shape index (κ3) is 2.92. The lowest BCUT2D eigenvalue weighted by atomic mass is 9.75. The quantitative estimate of drug-likeness (QED) is 0.804. The van der Waals surface area contributed by atoms with E-state index in [-0.39, 0.29) is 24.7 Å². The lowest BCUT2D eigenvalue weighted by Gasteiger charge is -2.43. The van der Waals surface area contributed by atoms with Crippen molar-refractivity contribution in [1.29, 1.82) is 0 Å². The molecule has 1 saturated carbocycles. The number of esters is 1. The first-order valence-corrected chi connectivity index (χ1v) is 8.23. The van der Waals surface area contributed by atoms with Crippen LogP contribution in [0.5, 0.6) is 0 Å². The maximum atomic E-state index is 12.5. The number of hydrogen-bond donors (Lipinski definition) is 0. The summed E-state index contributed by atoms with van der Waals surface area (Å²) < 4.78 is 10.5. The lowest BCUT2D eigenvalue weighted by molar-refractivity contribution is -0.158. The molecule has 1 aromatic carbocycles. The fraction of sp³-hybridized carbons (Fsp3) is 0.556. The molecule has 1 amide bonds. The van der Waals surface area contributed by atoms with Crippen molar-refractivity contribution in [2.24, 2.45) is 5.41 Å². The van der Waals surface area contributed by atoms with Gasteiger partial charge in [-0.15, -0.1) is 0 Å². The SMILES string of the molecule is COC(=O)[C@@]12CCC[C@H]1N(C(=O)OCc1ccccc1)CCC2. The monoisotopic (exact) mass is 317 g/mol. The first-order valence-electron chi connectivity index (χ1n) is 8.23. The number of rotatable bonds is 3. The molecule has 124 valence electrons. The van der Waals surface area contributed by atoms with Crippen LogP contribution < -0.4 is 0 Å². The van der Waals surface area contributed by atoms with Gasteiger partial charge < -0.3 is 14.4 Å². The van der Waals surface area contributed by atoms with E-state index in [0.717, 1.165) is 37.7 Å². The molecule has 2 fully saturated rings. The third-order valence-corrected chi connectivity index (χ3v) is 5.17. The first kappa shape index (κ1) is 15.8. The van der Waals surface area contributed by atoms with Crippen molar-refractivity contribution in [3.63, 3.8) is 0 Å². The van der Waals surface area contributed by atoms with Crippen LogP contribution >= 0.6 is 0 Å². The number of hydrogen-bond acceptors (Lipinski definition) is 4. The van der Waals surface area contributed by atoms with E-state index in [1.807, 2.05) is 30.3 Å². The van der Waals surface area contributed by atoms with E-state index in [4.69, 9.17) is 9.47 Å². The number of carbonyl (C=O) groups excluding carboxylic acids is 2. The van der Waals surface area contributed by atoms with Crippen LogP contribution in [0.25, 0.3) is 0 Å². The number of benzene rings is 1. The molecule has 0 aromatic heterocycles. The smallest absolute Gasteiger partial charge is 0.410 e. The molecule has 1 aliphatic carbocycles. The van der Waals surface area contributed by atoms with Crippen molar-refractivity contribution in [3.05, 3.63) is 35.9 Å². The fourth-order valence-electron chi connectivity index (χ4n) is 4.08. The second-order valence-electron chi connectivity index (χ2n) is 6.39. The molecule has 0 unspecified atom stereocenters. The molecule has 3 rings (SSSR count). The topological polar surface area (TPSA) is 55.8 Å². The number of nitrogens with zero attached hydrogens (tertiary/aromatic N) is 1. The van der Waals surface area contributed by atoms with Gasteiger partial charge in [0.15, 0.2) is 0 Å². The zero-order valence-corrected chi connectivity index (χ0v) is 13.5. The van der Waals surface area contributed by atoms with Crippen LogP contribution in [0.1, 0.15) is 37.7 Å². The van der Waals surface area contributed by atoms with Crippen molar-refractivity contribution >= 4 is 12.1 Å². The van der Waals surface area contributed by atoms with E-state index < -0.39 is 5.41 Å². The summed E-state index contributed by atoms with van der Waals surface area (Å²) in [5, 5.41) is 0. The third-order valence-electron chi connectivity index (χ3n) is 5.17. The molecule has 1 saturated heterocycles. The Labute approximate surface area is 136 Å². The van der Waals surface area contributed by atoms with Crippen molar-refractivity contribution in [2.75, 3.05) is 13.7 Å². The summed E-state index contributed by atoms with van der Waals surface area (Å²) in [5.41, 5.74) is 0.433. The van der Waals surface area contributed by atoms with Gasteiger partial charge in [0.05, 0.1) is 18.6 Å². The van der Waals surface area contributed by atoms with Gasteiger partial charge in [-0.25, -0.2) is 4.79 Å². The molecular formula is C18H23NO4. The van der Waals surface area contributed by atoms with Crippen LogP contribution in [-0.2, 0) is 20.9 Å². The van der Waals surface area contributed by atoms with Crippen LogP contribution in [0, 0.1) is 5.41 Å². The Bertz CT molecular complexity index is 574. The van der Waals surface area contributed by atoms with Gasteiger partial charge in [0.25, 0.3) is 0 Å². The van der Waals surface area contributed by atoms with E-state index >= 15 is 0 Å². The van der Waals surface area contributed by atoms with Gasteiger partial charge in [0, 0.05) is 6.54 Å². The number of carbonyl (C=O) groups is 2. The summed E-state index contributed by atoms with van der Waals surface area (Å²) in [6.45, 7) is 0.908. The number of methoxy groups -OCH3 is 1. The predicted molar refractivity (Wildman–Crippen MR) is 84.7 cm³/mol. The van der Waals surface area contributed by atoms with Crippen LogP contribution in [0.15, 0.2) is 30.3 Å². The number of piperidine rings is 1. The minimum Gasteiger partial charge on any atom is -0.469 e. The Kier molecular flexibility index (Phi) is 4.55. The van der Waals surface area contributed by atoms with E-state index in [9.17, 15) is 9.59 Å². The molecule has 1 aromatic rings. The highest BCUT2D eigenvalue weighted by atomic mass is 16.6. The second-order valence-corrected chi connectivity index (χ2v) is 6.39. The molecule has 0 spiro atoms. The van der Waals surface area contributed by atoms with Gasteiger partial charge in [-0.2, -0.15) is 0 Å². The molecule has 0 radical (unpaired) electrons. The zero-order valence-electron chi connectivity index (χ0n) is 13.5. The highest BCUT2D eigenvalue weighted by molar-refractivity contribution is 5.80. The van der Waals surface area contributed by atoms with E-state index in [1.54, 1.807) is 4.90 Å². The summed E-state index contributed by atoms with van der Waals surface area (Å²) in [6, 6.07) is 9.54. The molecule has 0 N–H and O–H groups in total. The Morgan fingerprint density at radius 3 is 2.70 bits per heavy atom. The average Bonchev–Trinajstić information content (AvgIpc) is 3.05. The van der Waals surface area contributed by atoms with Crippen molar-refractivity contribution in [3.8, 4) is 0 Å². The molecule has 1 aliphatic heterocycles. The molecule has 23 heavy (non-hydrogen) atoms. The van der Waals surface area contributed by atoms with Crippen LogP contribution in [0.4, 0.5) is 4.79 Å². The number of likely N-dealkylation sites (tertiary alicyclic amines) is 1. The summed E-state index contributed by atoms with van der Waals surface area (Å²) >= 11 is 0. The van der Waals surface area contributed by atoms with Gasteiger partial charge in [0.1, 0.15) is 6.61 Å². The lowest BCUT2D eigenvalue weighted by Crippen LogP contribution is -2.55. The minimum absolute atomic E-state index is 0.0908. The second kappa shape index (κ2) is 6.60. The molecule has 5 nitrogen and oxygen atoms in total. The van der Waals surface area contributed by atoms with Crippen LogP contribution in [0.3, 0.4) is 0 Å². The van der Waals surface area contributed by atoms with E-state index in [1.165, 1.54) is 7.11 Å². The highest BCUT2D eigenvalue weighted by Crippen LogP contribution is 2.48. The van der Waals surface area contributed by atoms with Gasteiger partial charge >= 0.3 is 12.1 Å². The van der Waals surface area contributed by atoms with Crippen molar-refractivity contribution in [1.82, 2.24) is 4.90 Å².